The molecule has 1 aromatic rings. The van der Waals surface area contributed by atoms with E-state index in [1.54, 1.807) is 14.2 Å². The molecular weight excluding hydrogens is 348 g/mol. The summed E-state index contributed by atoms with van der Waals surface area (Å²) < 4.78 is 17.1. The molecule has 0 atom stereocenters. The standard InChI is InChI=1S/C20H32N2O5/c1-25-17-9-8-16(15-22-12-10-21-11-13-22)19(20(17)26-2)27-14-6-4-3-5-7-18(23)24/h8-9,21H,3-7,10-15H2,1-2H3,(H,23,24). The van der Waals surface area contributed by atoms with E-state index in [1.165, 1.54) is 0 Å². The van der Waals surface area contributed by atoms with Gasteiger partial charge in [-0.25, -0.2) is 0 Å². The first-order valence-corrected chi connectivity index (χ1v) is 9.67. The van der Waals surface area contributed by atoms with Crippen LogP contribution in [0.2, 0.25) is 0 Å². The van der Waals surface area contributed by atoms with E-state index in [0.29, 0.717) is 24.5 Å². The Labute approximate surface area is 161 Å². The second-order valence-corrected chi connectivity index (χ2v) is 6.72. The molecule has 2 N–H and O–H groups in total. The van der Waals surface area contributed by atoms with Crippen LogP contribution in [0.4, 0.5) is 0 Å². The van der Waals surface area contributed by atoms with Crippen molar-refractivity contribution in [3.63, 3.8) is 0 Å². The zero-order valence-corrected chi connectivity index (χ0v) is 16.5. The van der Waals surface area contributed by atoms with Crippen molar-refractivity contribution in [2.24, 2.45) is 0 Å². The lowest BCUT2D eigenvalue weighted by Gasteiger charge is -2.28. The van der Waals surface area contributed by atoms with E-state index in [9.17, 15) is 4.79 Å². The number of carbonyl (C=O) groups is 1. The lowest BCUT2D eigenvalue weighted by Crippen LogP contribution is -2.42. The van der Waals surface area contributed by atoms with Crippen LogP contribution in [-0.2, 0) is 11.3 Å². The fourth-order valence-electron chi connectivity index (χ4n) is 3.24. The lowest BCUT2D eigenvalue weighted by atomic mass is 10.1. The number of carboxylic acid groups (broad SMARTS) is 1. The van der Waals surface area contributed by atoms with Crippen LogP contribution in [0, 0.1) is 0 Å². The van der Waals surface area contributed by atoms with Gasteiger partial charge in [0.25, 0.3) is 0 Å². The fraction of sp³-hybridized carbons (Fsp3) is 0.650. The number of hydrogen-bond acceptors (Lipinski definition) is 6. The highest BCUT2D eigenvalue weighted by Crippen LogP contribution is 2.40. The molecule has 0 aliphatic carbocycles. The molecule has 7 nitrogen and oxygen atoms in total. The number of rotatable bonds is 12. The zero-order valence-electron chi connectivity index (χ0n) is 16.5. The molecule has 1 fully saturated rings. The van der Waals surface area contributed by atoms with Crippen molar-refractivity contribution in [1.29, 1.82) is 0 Å². The molecule has 1 aliphatic rings. The SMILES string of the molecule is COc1ccc(CN2CCNCC2)c(OCCCCCCC(=O)O)c1OC. The first-order chi connectivity index (χ1) is 13.2. The number of hydrogen-bond donors (Lipinski definition) is 2. The van der Waals surface area contributed by atoms with E-state index in [-0.39, 0.29) is 6.42 Å². The monoisotopic (exact) mass is 380 g/mol. The predicted octanol–water partition coefficient (Wildman–Crippen LogP) is 2.52. The summed E-state index contributed by atoms with van der Waals surface area (Å²) in [7, 11) is 3.26. The van der Waals surface area contributed by atoms with Gasteiger partial charge in [0, 0.05) is 44.7 Å². The van der Waals surface area contributed by atoms with Gasteiger partial charge in [0.1, 0.15) is 0 Å². The number of nitrogens with zero attached hydrogens (tertiary/aromatic N) is 1. The van der Waals surface area contributed by atoms with E-state index in [4.69, 9.17) is 19.3 Å². The van der Waals surface area contributed by atoms with Gasteiger partial charge in [-0.2, -0.15) is 0 Å². The van der Waals surface area contributed by atoms with Gasteiger partial charge in [0.05, 0.1) is 20.8 Å². The number of carboxylic acids is 1. The van der Waals surface area contributed by atoms with Gasteiger partial charge in [-0.1, -0.05) is 18.9 Å². The Morgan fingerprint density at radius 1 is 1.07 bits per heavy atom. The molecule has 7 heteroatoms. The molecule has 1 saturated heterocycles. The smallest absolute Gasteiger partial charge is 0.303 e. The summed E-state index contributed by atoms with van der Waals surface area (Å²) in [6.07, 6.45) is 3.68. The van der Waals surface area contributed by atoms with E-state index in [1.807, 2.05) is 12.1 Å². The lowest BCUT2D eigenvalue weighted by molar-refractivity contribution is -0.137. The molecule has 0 aromatic heterocycles. The third kappa shape index (κ3) is 6.92. The number of unbranched alkanes of at least 4 members (excludes halogenated alkanes) is 3. The van der Waals surface area contributed by atoms with E-state index < -0.39 is 5.97 Å². The van der Waals surface area contributed by atoms with Crippen LogP contribution in [0.5, 0.6) is 17.2 Å². The Balaban J connectivity index is 1.96. The highest BCUT2D eigenvalue weighted by atomic mass is 16.5. The molecule has 0 amide bonds. The topological polar surface area (TPSA) is 80.3 Å². The molecule has 0 bridgehead atoms. The summed E-state index contributed by atoms with van der Waals surface area (Å²) in [5.74, 6) is 1.32. The zero-order chi connectivity index (χ0) is 19.5. The number of benzene rings is 1. The minimum absolute atomic E-state index is 0.236. The average molecular weight is 380 g/mol. The normalized spacial score (nSPS) is 14.7. The predicted molar refractivity (Wildman–Crippen MR) is 104 cm³/mol. The molecule has 1 aliphatic heterocycles. The third-order valence-corrected chi connectivity index (χ3v) is 4.72. The first-order valence-electron chi connectivity index (χ1n) is 9.67. The van der Waals surface area contributed by atoms with Crippen LogP contribution in [-0.4, -0.2) is 63.0 Å². The van der Waals surface area contributed by atoms with Gasteiger partial charge in [-0.15, -0.1) is 0 Å². The van der Waals surface area contributed by atoms with Crippen molar-refractivity contribution in [1.82, 2.24) is 10.2 Å². The molecule has 1 heterocycles. The summed E-state index contributed by atoms with van der Waals surface area (Å²) >= 11 is 0. The van der Waals surface area contributed by atoms with Gasteiger partial charge in [0.2, 0.25) is 5.75 Å². The van der Waals surface area contributed by atoms with E-state index in [0.717, 1.165) is 63.3 Å². The quantitative estimate of drug-likeness (QED) is 0.539. The summed E-state index contributed by atoms with van der Waals surface area (Å²) in [5.41, 5.74) is 1.10. The number of piperazine rings is 1. The minimum atomic E-state index is -0.732. The molecule has 1 aromatic carbocycles. The van der Waals surface area contributed by atoms with Crippen molar-refractivity contribution in [2.75, 3.05) is 47.0 Å². The number of ether oxygens (including phenoxy) is 3. The summed E-state index contributed by atoms with van der Waals surface area (Å²) in [6.45, 7) is 5.41. The fourth-order valence-corrected chi connectivity index (χ4v) is 3.24. The highest BCUT2D eigenvalue weighted by molar-refractivity contribution is 5.66. The highest BCUT2D eigenvalue weighted by Gasteiger charge is 2.19. The van der Waals surface area contributed by atoms with Gasteiger partial charge in [-0.3, -0.25) is 9.69 Å². The van der Waals surface area contributed by atoms with Crippen molar-refractivity contribution >= 4 is 5.97 Å². The van der Waals surface area contributed by atoms with Gasteiger partial charge in [-0.05, 0) is 18.9 Å². The average Bonchev–Trinajstić information content (AvgIpc) is 2.68. The maximum atomic E-state index is 10.5. The molecule has 27 heavy (non-hydrogen) atoms. The summed E-state index contributed by atoms with van der Waals surface area (Å²) in [5, 5.41) is 12.0. The first kappa shape index (κ1) is 21.3. The van der Waals surface area contributed by atoms with Gasteiger partial charge in [0.15, 0.2) is 11.5 Å². The maximum absolute atomic E-state index is 10.5. The third-order valence-electron chi connectivity index (χ3n) is 4.72. The summed E-state index contributed by atoms with van der Waals surface area (Å²) in [6, 6.07) is 3.97. The molecule has 0 saturated carbocycles. The molecule has 0 radical (unpaired) electrons. The van der Waals surface area contributed by atoms with Crippen LogP contribution in [0.1, 0.15) is 37.7 Å². The molecule has 0 spiro atoms. The van der Waals surface area contributed by atoms with E-state index in [2.05, 4.69) is 10.2 Å². The Morgan fingerprint density at radius 2 is 1.81 bits per heavy atom. The Morgan fingerprint density at radius 3 is 2.48 bits per heavy atom. The van der Waals surface area contributed by atoms with E-state index >= 15 is 0 Å². The van der Waals surface area contributed by atoms with Crippen LogP contribution >= 0.6 is 0 Å². The van der Waals surface area contributed by atoms with Crippen molar-refractivity contribution in [3.05, 3.63) is 17.7 Å². The number of methoxy groups -OCH3 is 2. The number of nitrogens with one attached hydrogen (secondary N) is 1. The van der Waals surface area contributed by atoms with Crippen LogP contribution in [0.15, 0.2) is 12.1 Å². The molecule has 2 rings (SSSR count). The van der Waals surface area contributed by atoms with Crippen molar-refractivity contribution in [2.45, 2.75) is 38.6 Å². The van der Waals surface area contributed by atoms with Crippen LogP contribution < -0.4 is 19.5 Å². The Bertz CT molecular complexity index is 588. The molecule has 152 valence electrons. The number of aliphatic carboxylic acids is 1. The Kier molecular flexibility index (Phi) is 9.21. The molecular formula is C20H32N2O5. The van der Waals surface area contributed by atoms with Crippen molar-refractivity contribution in [3.8, 4) is 17.2 Å². The minimum Gasteiger partial charge on any atom is -0.493 e. The Hall–Kier alpha value is -1.99. The van der Waals surface area contributed by atoms with Crippen LogP contribution in [0.3, 0.4) is 0 Å². The molecule has 0 unspecified atom stereocenters. The second-order valence-electron chi connectivity index (χ2n) is 6.72. The second kappa shape index (κ2) is 11.7. The maximum Gasteiger partial charge on any atom is 0.303 e. The summed E-state index contributed by atoms with van der Waals surface area (Å²) in [4.78, 5) is 12.9. The van der Waals surface area contributed by atoms with Crippen LogP contribution in [0.25, 0.3) is 0 Å². The largest absolute Gasteiger partial charge is 0.493 e. The van der Waals surface area contributed by atoms with Gasteiger partial charge >= 0.3 is 5.97 Å². The van der Waals surface area contributed by atoms with Crippen molar-refractivity contribution < 1.29 is 24.1 Å². The van der Waals surface area contributed by atoms with Gasteiger partial charge < -0.3 is 24.6 Å².